The highest BCUT2D eigenvalue weighted by molar-refractivity contribution is 5.95. The molecule has 0 bridgehead atoms. The van der Waals surface area contributed by atoms with Crippen LogP contribution in [-0.4, -0.2) is 28.9 Å². The summed E-state index contributed by atoms with van der Waals surface area (Å²) in [5.41, 5.74) is -2.07. The van der Waals surface area contributed by atoms with Crippen molar-refractivity contribution in [1.82, 2.24) is 9.88 Å². The Bertz CT molecular complexity index is 835. The molecule has 0 radical (unpaired) electrons. The molecular weight excluding hydrogens is 325 g/mol. The molecule has 0 saturated carbocycles. The number of amides is 1. The number of carbonyl (C=O) groups excluding carboxylic acids is 1. The second kappa shape index (κ2) is 6.03. The fourth-order valence-electron chi connectivity index (χ4n) is 2.56. The molecule has 0 atom stereocenters. The maximum atomic E-state index is 12.8. The van der Waals surface area contributed by atoms with Gasteiger partial charge in [-0.3, -0.25) is 9.59 Å². The van der Waals surface area contributed by atoms with Crippen molar-refractivity contribution < 1.29 is 22.4 Å². The average Bonchev–Trinajstić information content (AvgIpc) is 3.08. The lowest BCUT2D eigenvalue weighted by Crippen LogP contribution is -2.36. The first kappa shape index (κ1) is 16.1. The lowest BCUT2D eigenvalue weighted by atomic mass is 10.1. The number of furan rings is 1. The van der Waals surface area contributed by atoms with Crippen LogP contribution >= 0.6 is 0 Å². The van der Waals surface area contributed by atoms with Crippen molar-refractivity contribution in [2.45, 2.75) is 12.6 Å². The first-order valence-electron chi connectivity index (χ1n) is 7.18. The van der Waals surface area contributed by atoms with E-state index in [0.717, 1.165) is 11.8 Å². The third kappa shape index (κ3) is 3.12. The van der Waals surface area contributed by atoms with Crippen molar-refractivity contribution in [3.8, 4) is 0 Å². The molecular formula is C16H13F3N2O3. The van der Waals surface area contributed by atoms with Gasteiger partial charge >= 0.3 is 6.18 Å². The molecule has 1 N–H and O–H groups in total. The summed E-state index contributed by atoms with van der Waals surface area (Å²) in [5, 5.41) is 0. The van der Waals surface area contributed by atoms with E-state index < -0.39 is 23.2 Å². The summed E-state index contributed by atoms with van der Waals surface area (Å²) in [6, 6.07) is 4.06. The molecule has 3 heterocycles. The van der Waals surface area contributed by atoms with Gasteiger partial charge in [0.25, 0.3) is 11.5 Å². The Morgan fingerprint density at radius 3 is 2.79 bits per heavy atom. The summed E-state index contributed by atoms with van der Waals surface area (Å²) in [7, 11) is 0. The Morgan fingerprint density at radius 1 is 1.33 bits per heavy atom. The Hall–Kier alpha value is -2.77. The van der Waals surface area contributed by atoms with Crippen molar-refractivity contribution in [2.75, 3.05) is 13.1 Å². The molecule has 126 valence electrons. The monoisotopic (exact) mass is 338 g/mol. The van der Waals surface area contributed by atoms with Gasteiger partial charge in [-0.15, -0.1) is 0 Å². The maximum Gasteiger partial charge on any atom is 0.421 e. The number of halogens is 3. The number of carbonyl (C=O) groups is 1. The van der Waals surface area contributed by atoms with Gasteiger partial charge < -0.3 is 14.3 Å². The Balaban J connectivity index is 1.85. The molecule has 0 aromatic carbocycles. The van der Waals surface area contributed by atoms with Gasteiger partial charge in [0.2, 0.25) is 0 Å². The minimum Gasteiger partial charge on any atom is -0.465 e. The van der Waals surface area contributed by atoms with E-state index in [1.54, 1.807) is 12.1 Å². The smallest absolute Gasteiger partial charge is 0.421 e. The van der Waals surface area contributed by atoms with Crippen LogP contribution in [0.25, 0.3) is 5.57 Å². The third-order valence-corrected chi connectivity index (χ3v) is 3.73. The molecule has 5 nitrogen and oxygen atoms in total. The predicted molar refractivity (Wildman–Crippen MR) is 79.3 cm³/mol. The highest BCUT2D eigenvalue weighted by Gasteiger charge is 2.35. The molecule has 1 amide bonds. The Kier molecular flexibility index (Phi) is 4.04. The van der Waals surface area contributed by atoms with Crippen molar-refractivity contribution in [1.29, 1.82) is 0 Å². The molecule has 8 heteroatoms. The number of nitrogens with one attached hydrogen (secondary N) is 1. The molecule has 2 aromatic rings. The predicted octanol–water partition coefficient (Wildman–Crippen LogP) is 2.92. The molecule has 0 fully saturated rings. The molecule has 1 aliphatic heterocycles. The van der Waals surface area contributed by atoms with Crippen LogP contribution in [0.2, 0.25) is 0 Å². The standard InChI is InChI=1S/C16H13F3N2O3/c17-16(18,19)12-7-11(8-20-14(12)22)15(23)21-5-1-3-10(9-21)13-4-2-6-24-13/h2-4,6-8H,1,5,9H2,(H,20,22). The zero-order chi connectivity index (χ0) is 17.3. The van der Waals surface area contributed by atoms with Crippen LogP contribution in [0.1, 0.15) is 28.1 Å². The van der Waals surface area contributed by atoms with Crippen molar-refractivity contribution in [3.63, 3.8) is 0 Å². The van der Waals surface area contributed by atoms with Gasteiger partial charge in [0.05, 0.1) is 11.8 Å². The largest absolute Gasteiger partial charge is 0.465 e. The topological polar surface area (TPSA) is 66.3 Å². The van der Waals surface area contributed by atoms with Gasteiger partial charge in [0.1, 0.15) is 11.3 Å². The number of hydrogen-bond acceptors (Lipinski definition) is 3. The van der Waals surface area contributed by atoms with Crippen molar-refractivity contribution >= 4 is 11.5 Å². The highest BCUT2D eigenvalue weighted by atomic mass is 19.4. The number of aromatic nitrogens is 1. The molecule has 1 aliphatic rings. The second-order valence-electron chi connectivity index (χ2n) is 5.35. The van der Waals surface area contributed by atoms with Crippen LogP contribution in [0.15, 0.2) is 45.9 Å². The Morgan fingerprint density at radius 2 is 2.12 bits per heavy atom. The van der Waals surface area contributed by atoms with E-state index in [2.05, 4.69) is 0 Å². The summed E-state index contributed by atoms with van der Waals surface area (Å²) < 4.78 is 43.7. The van der Waals surface area contributed by atoms with E-state index >= 15 is 0 Å². The number of rotatable bonds is 2. The second-order valence-corrected chi connectivity index (χ2v) is 5.35. The normalized spacial score (nSPS) is 15.3. The van der Waals surface area contributed by atoms with Crippen LogP contribution in [0.5, 0.6) is 0 Å². The fourth-order valence-corrected chi connectivity index (χ4v) is 2.56. The van der Waals surface area contributed by atoms with Gasteiger partial charge in [0, 0.05) is 24.9 Å². The van der Waals surface area contributed by atoms with Gasteiger partial charge in [-0.05, 0) is 24.6 Å². The van der Waals surface area contributed by atoms with Crippen LogP contribution in [0, 0.1) is 0 Å². The van der Waals surface area contributed by atoms with Gasteiger partial charge in [-0.1, -0.05) is 6.08 Å². The number of pyridine rings is 1. The van der Waals surface area contributed by atoms with Crippen molar-refractivity contribution in [3.05, 3.63) is 64.0 Å². The third-order valence-electron chi connectivity index (χ3n) is 3.73. The lowest BCUT2D eigenvalue weighted by molar-refractivity contribution is -0.138. The van der Waals surface area contributed by atoms with Gasteiger partial charge in [0.15, 0.2) is 0 Å². The van der Waals surface area contributed by atoms with E-state index in [-0.39, 0.29) is 12.1 Å². The van der Waals surface area contributed by atoms with Gasteiger partial charge in [-0.2, -0.15) is 13.2 Å². The number of alkyl halides is 3. The molecule has 0 spiro atoms. The van der Waals surface area contributed by atoms with Gasteiger partial charge in [-0.25, -0.2) is 0 Å². The molecule has 2 aromatic heterocycles. The summed E-state index contributed by atoms with van der Waals surface area (Å²) in [4.78, 5) is 27.2. The summed E-state index contributed by atoms with van der Waals surface area (Å²) in [6.07, 6.45) is 0.193. The van der Waals surface area contributed by atoms with Crippen molar-refractivity contribution in [2.24, 2.45) is 0 Å². The SMILES string of the molecule is O=C(c1c[nH]c(=O)c(C(F)(F)F)c1)N1CCC=C(c2ccco2)C1. The molecule has 0 saturated heterocycles. The van der Waals surface area contributed by atoms with Crippen LogP contribution < -0.4 is 5.56 Å². The summed E-state index contributed by atoms with van der Waals surface area (Å²) >= 11 is 0. The number of H-pyrrole nitrogens is 1. The lowest BCUT2D eigenvalue weighted by Gasteiger charge is -2.27. The van der Waals surface area contributed by atoms with E-state index in [1.807, 2.05) is 11.1 Å². The fraction of sp³-hybridized carbons (Fsp3) is 0.250. The first-order valence-corrected chi connectivity index (χ1v) is 7.18. The number of aromatic amines is 1. The van der Waals surface area contributed by atoms with Crippen LogP contribution in [0.3, 0.4) is 0 Å². The quantitative estimate of drug-likeness (QED) is 0.916. The zero-order valence-electron chi connectivity index (χ0n) is 12.4. The Labute approximate surface area is 134 Å². The highest BCUT2D eigenvalue weighted by Crippen LogP contribution is 2.27. The maximum absolute atomic E-state index is 12.8. The molecule has 0 aliphatic carbocycles. The zero-order valence-corrected chi connectivity index (χ0v) is 12.4. The minimum atomic E-state index is -4.81. The summed E-state index contributed by atoms with van der Waals surface area (Å²) in [5.74, 6) is 0.0406. The summed E-state index contributed by atoms with van der Waals surface area (Å²) in [6.45, 7) is 0.607. The first-order chi connectivity index (χ1) is 11.4. The van der Waals surface area contributed by atoms with E-state index in [1.165, 1.54) is 11.2 Å². The average molecular weight is 338 g/mol. The molecule has 3 rings (SSSR count). The van der Waals surface area contributed by atoms with Crippen LogP contribution in [0.4, 0.5) is 13.2 Å². The van der Waals surface area contributed by atoms with E-state index in [9.17, 15) is 22.8 Å². The molecule has 0 unspecified atom stereocenters. The minimum absolute atomic E-state index is 0.206. The number of nitrogens with zero attached hydrogens (tertiary/aromatic N) is 1. The van der Waals surface area contributed by atoms with E-state index in [0.29, 0.717) is 24.8 Å². The van der Waals surface area contributed by atoms with Crippen LogP contribution in [-0.2, 0) is 6.18 Å². The number of hydrogen-bond donors (Lipinski definition) is 1. The molecule has 24 heavy (non-hydrogen) atoms. The van der Waals surface area contributed by atoms with E-state index in [4.69, 9.17) is 4.42 Å².